The number of rotatable bonds is 5. The van der Waals surface area contributed by atoms with E-state index in [1.165, 1.54) is 13.8 Å². The number of ether oxygens (including phenoxy) is 2. The van der Waals surface area contributed by atoms with Gasteiger partial charge in [0.25, 0.3) is 5.56 Å². The molecule has 164 valence electrons. The first-order valence-corrected chi connectivity index (χ1v) is 8.42. The van der Waals surface area contributed by atoms with Gasteiger partial charge in [-0.05, 0) is 26.0 Å². The van der Waals surface area contributed by atoms with Gasteiger partial charge in [0.15, 0.2) is 0 Å². The predicted molar refractivity (Wildman–Crippen MR) is 91.9 cm³/mol. The topological polar surface area (TPSA) is 70.4 Å². The van der Waals surface area contributed by atoms with Crippen molar-refractivity contribution in [3.63, 3.8) is 0 Å². The summed E-state index contributed by atoms with van der Waals surface area (Å²) in [4.78, 5) is 27.4. The monoisotopic (exact) mass is 458 g/mol. The van der Waals surface area contributed by atoms with E-state index in [9.17, 15) is 35.9 Å². The summed E-state index contributed by atoms with van der Waals surface area (Å²) in [5.41, 5.74) is -4.58. The van der Waals surface area contributed by atoms with Crippen LogP contribution >= 0.6 is 11.6 Å². The molecule has 13 heteroatoms. The predicted octanol–water partition coefficient (Wildman–Crippen LogP) is 4.25. The minimum atomic E-state index is -6.04. The Balaban J connectivity index is 2.73. The third-order valence-electron chi connectivity index (χ3n) is 3.59. The van der Waals surface area contributed by atoms with Crippen LogP contribution in [0.1, 0.15) is 29.9 Å². The molecule has 0 unspecified atom stereocenters. The Labute approximate surface area is 170 Å². The number of alkyl halides is 5. The molecule has 0 radical (unpaired) electrons. The van der Waals surface area contributed by atoms with E-state index >= 15 is 0 Å². The maximum Gasteiger partial charge on any atom is 0.459 e. The minimum absolute atomic E-state index is 0.115. The molecule has 1 heterocycles. The van der Waals surface area contributed by atoms with Gasteiger partial charge in [-0.3, -0.25) is 4.79 Å². The standard InChI is InChI=1S/C17H13ClF6N2O4/c1-7(2)30-14(28)8-4-11(10(19)5-9(8)18)26-13(27)6-12(25-15(26)29-3)16(20,21)17(22,23)24/h4-7H,1-3H3. The summed E-state index contributed by atoms with van der Waals surface area (Å²) in [5.74, 6) is -7.67. The Morgan fingerprint density at radius 2 is 1.77 bits per heavy atom. The van der Waals surface area contributed by atoms with Gasteiger partial charge >= 0.3 is 24.1 Å². The van der Waals surface area contributed by atoms with E-state index < -0.39 is 52.9 Å². The highest BCUT2D eigenvalue weighted by Crippen LogP contribution is 2.43. The number of benzene rings is 1. The van der Waals surface area contributed by atoms with Crippen molar-refractivity contribution < 1.29 is 40.6 Å². The van der Waals surface area contributed by atoms with Crippen molar-refractivity contribution in [3.8, 4) is 11.7 Å². The summed E-state index contributed by atoms with van der Waals surface area (Å²) in [6.45, 7) is 3.04. The second-order valence-electron chi connectivity index (χ2n) is 6.11. The van der Waals surface area contributed by atoms with Crippen LogP contribution in [0.3, 0.4) is 0 Å². The Hall–Kier alpha value is -2.76. The number of nitrogens with zero attached hydrogens (tertiary/aromatic N) is 2. The number of hydrogen-bond donors (Lipinski definition) is 0. The van der Waals surface area contributed by atoms with Gasteiger partial charge in [0.05, 0.1) is 29.5 Å². The fourth-order valence-corrected chi connectivity index (χ4v) is 2.50. The zero-order valence-corrected chi connectivity index (χ0v) is 16.2. The van der Waals surface area contributed by atoms with Crippen LogP contribution in [0.2, 0.25) is 5.02 Å². The minimum Gasteiger partial charge on any atom is -0.468 e. The third-order valence-corrected chi connectivity index (χ3v) is 3.90. The number of esters is 1. The summed E-state index contributed by atoms with van der Waals surface area (Å²) in [6.07, 6.45) is -6.62. The highest BCUT2D eigenvalue weighted by atomic mass is 35.5. The van der Waals surface area contributed by atoms with Crippen molar-refractivity contribution in [1.82, 2.24) is 9.55 Å². The van der Waals surface area contributed by atoms with Crippen LogP contribution in [0.5, 0.6) is 6.01 Å². The molecule has 0 atom stereocenters. The molecule has 0 N–H and O–H groups in total. The lowest BCUT2D eigenvalue weighted by molar-refractivity contribution is -0.291. The van der Waals surface area contributed by atoms with Crippen LogP contribution in [-0.2, 0) is 10.7 Å². The van der Waals surface area contributed by atoms with E-state index in [2.05, 4.69) is 9.72 Å². The van der Waals surface area contributed by atoms with Crippen molar-refractivity contribution in [1.29, 1.82) is 0 Å². The number of hydrogen-bond acceptors (Lipinski definition) is 5. The van der Waals surface area contributed by atoms with Crippen LogP contribution in [-0.4, -0.2) is 34.9 Å². The quantitative estimate of drug-likeness (QED) is 0.495. The first kappa shape index (κ1) is 23.5. The highest BCUT2D eigenvalue weighted by molar-refractivity contribution is 6.33. The van der Waals surface area contributed by atoms with Crippen molar-refractivity contribution in [2.45, 2.75) is 32.1 Å². The van der Waals surface area contributed by atoms with E-state index in [4.69, 9.17) is 16.3 Å². The van der Waals surface area contributed by atoms with Gasteiger partial charge in [-0.25, -0.2) is 13.8 Å². The van der Waals surface area contributed by atoms with Crippen molar-refractivity contribution in [2.24, 2.45) is 0 Å². The van der Waals surface area contributed by atoms with Crippen LogP contribution < -0.4 is 10.3 Å². The molecular formula is C17H13ClF6N2O4. The number of aromatic nitrogens is 2. The molecule has 0 amide bonds. The van der Waals surface area contributed by atoms with Gasteiger partial charge in [0, 0.05) is 6.07 Å². The Bertz CT molecular complexity index is 1040. The van der Waals surface area contributed by atoms with E-state index in [0.717, 1.165) is 13.2 Å². The maximum absolute atomic E-state index is 14.5. The van der Waals surface area contributed by atoms with Crippen LogP contribution in [0.25, 0.3) is 5.69 Å². The molecule has 1 aromatic carbocycles. The van der Waals surface area contributed by atoms with Gasteiger partial charge in [0.2, 0.25) is 0 Å². The van der Waals surface area contributed by atoms with Gasteiger partial charge in [-0.15, -0.1) is 0 Å². The number of methoxy groups -OCH3 is 1. The molecular weight excluding hydrogens is 446 g/mol. The Morgan fingerprint density at radius 3 is 2.27 bits per heavy atom. The molecule has 1 aromatic heterocycles. The number of halogens is 7. The molecule has 0 aliphatic carbocycles. The second kappa shape index (κ2) is 8.17. The summed E-state index contributed by atoms with van der Waals surface area (Å²) >= 11 is 5.82. The SMILES string of the molecule is COc1nc(C(F)(F)C(F)(F)F)cc(=O)n1-c1cc(C(=O)OC(C)C)c(Cl)cc1F. The van der Waals surface area contributed by atoms with E-state index in [1.54, 1.807) is 0 Å². The molecule has 0 spiro atoms. The highest BCUT2D eigenvalue weighted by Gasteiger charge is 2.60. The zero-order valence-electron chi connectivity index (χ0n) is 15.5. The number of carbonyl (C=O) groups is 1. The summed E-state index contributed by atoms with van der Waals surface area (Å²) < 4.78 is 89.2. The van der Waals surface area contributed by atoms with Gasteiger partial charge in [-0.2, -0.15) is 26.9 Å². The van der Waals surface area contributed by atoms with Crippen molar-refractivity contribution >= 4 is 17.6 Å². The molecule has 0 saturated heterocycles. The van der Waals surface area contributed by atoms with Gasteiger partial charge < -0.3 is 9.47 Å². The Morgan fingerprint density at radius 1 is 1.17 bits per heavy atom. The van der Waals surface area contributed by atoms with Crippen LogP contribution in [0.15, 0.2) is 23.0 Å². The molecule has 0 saturated carbocycles. The number of carbonyl (C=O) groups excluding carboxylic acids is 1. The van der Waals surface area contributed by atoms with E-state index in [1.807, 2.05) is 0 Å². The molecule has 0 aliphatic rings. The average molecular weight is 459 g/mol. The third kappa shape index (κ3) is 4.37. The molecule has 6 nitrogen and oxygen atoms in total. The zero-order chi connectivity index (χ0) is 23.0. The smallest absolute Gasteiger partial charge is 0.459 e. The lowest BCUT2D eigenvalue weighted by Gasteiger charge is -2.20. The average Bonchev–Trinajstić information content (AvgIpc) is 2.60. The first-order chi connectivity index (χ1) is 13.7. The molecule has 0 fully saturated rings. The molecule has 0 aliphatic heterocycles. The fraction of sp³-hybridized carbons (Fsp3) is 0.353. The van der Waals surface area contributed by atoms with Gasteiger partial charge in [-0.1, -0.05) is 11.6 Å². The molecule has 2 rings (SSSR count). The fourth-order valence-electron chi connectivity index (χ4n) is 2.27. The van der Waals surface area contributed by atoms with Crippen molar-refractivity contribution in [2.75, 3.05) is 7.11 Å². The van der Waals surface area contributed by atoms with Crippen molar-refractivity contribution in [3.05, 3.63) is 50.7 Å². The second-order valence-corrected chi connectivity index (χ2v) is 6.52. The Kier molecular flexibility index (Phi) is 6.40. The maximum atomic E-state index is 14.5. The van der Waals surface area contributed by atoms with E-state index in [0.29, 0.717) is 6.07 Å². The first-order valence-electron chi connectivity index (χ1n) is 8.04. The lowest BCUT2D eigenvalue weighted by Crippen LogP contribution is -2.37. The van der Waals surface area contributed by atoms with Crippen LogP contribution in [0.4, 0.5) is 26.3 Å². The molecule has 2 aromatic rings. The van der Waals surface area contributed by atoms with E-state index in [-0.39, 0.29) is 21.2 Å². The molecule has 30 heavy (non-hydrogen) atoms. The lowest BCUT2D eigenvalue weighted by atomic mass is 10.1. The summed E-state index contributed by atoms with van der Waals surface area (Å²) in [7, 11) is 0.815. The summed E-state index contributed by atoms with van der Waals surface area (Å²) in [6, 6.07) is 0.203. The molecule has 0 bridgehead atoms. The van der Waals surface area contributed by atoms with Gasteiger partial charge in [0.1, 0.15) is 11.5 Å². The largest absolute Gasteiger partial charge is 0.468 e. The normalized spacial score (nSPS) is 12.2. The summed E-state index contributed by atoms with van der Waals surface area (Å²) in [5, 5.41) is -0.387. The van der Waals surface area contributed by atoms with Crippen LogP contribution in [0, 0.1) is 5.82 Å².